The van der Waals surface area contributed by atoms with Gasteiger partial charge in [0.05, 0.1) is 19.5 Å². The first-order valence-corrected chi connectivity index (χ1v) is 21.7. The van der Waals surface area contributed by atoms with Crippen LogP contribution in [0.4, 0.5) is 19.3 Å². The van der Waals surface area contributed by atoms with Crippen LogP contribution in [-0.4, -0.2) is 75.6 Å². The van der Waals surface area contributed by atoms with Crippen molar-refractivity contribution in [2.75, 3.05) is 30.3 Å². The molecule has 6 rings (SSSR count). The minimum Gasteiger partial charge on any atom is -0.619 e. The lowest BCUT2D eigenvalue weighted by Gasteiger charge is -2.28. The number of carbonyl (C=O) groups excluding carboxylic acids is 3. The zero-order chi connectivity index (χ0) is 42.8. The number of nitrogens with zero attached hydrogens (tertiary/aromatic N) is 3. The number of ether oxygens (including phenoxy) is 5. The molecule has 0 radical (unpaired) electrons. The molecule has 2 heterocycles. The Kier molecular flexibility index (Phi) is 13.4. The molecule has 2 aromatic carbocycles. The quantitative estimate of drug-likeness (QED) is 0.0789. The standard InChI is InChI=1S/C40H45Cl2F2N3O11S/c1-40(2,3)58-39(50)47(59(4,52)53)31-16-26(12-13-32(31)54-21-23-7-8-23)36(48)46-15-5-6-30(46)37(49)56-34(18-27-28(41)19-45(51)20-29(27)42)25-11-14-33(57-38(43)44)35(17-25)55-22-24-9-10-24/h11-14,16-17,19-20,23-24,30,34,38H,5-10,15,18,21-22H2,1-4H3/t30-,34-/m0/s1. The van der Waals surface area contributed by atoms with Gasteiger partial charge >= 0.3 is 18.7 Å². The molecule has 1 aromatic heterocycles. The number of pyridine rings is 1. The van der Waals surface area contributed by atoms with E-state index in [1.54, 1.807) is 20.8 Å². The Balaban J connectivity index is 1.31. The van der Waals surface area contributed by atoms with Gasteiger partial charge in [-0.2, -0.15) is 17.8 Å². The van der Waals surface area contributed by atoms with E-state index in [1.807, 2.05) is 0 Å². The van der Waals surface area contributed by atoms with E-state index < -0.39 is 52.4 Å². The zero-order valence-corrected chi connectivity index (χ0v) is 35.2. The van der Waals surface area contributed by atoms with Gasteiger partial charge in [-0.15, -0.1) is 0 Å². The Morgan fingerprint density at radius 3 is 2.12 bits per heavy atom. The smallest absolute Gasteiger partial charge is 0.429 e. The molecule has 0 unspecified atom stereocenters. The van der Waals surface area contributed by atoms with Crippen LogP contribution >= 0.6 is 23.2 Å². The molecule has 0 bridgehead atoms. The summed E-state index contributed by atoms with van der Waals surface area (Å²) in [6, 6.07) is 7.00. The minimum absolute atomic E-state index is 0.00837. The Morgan fingerprint density at radius 1 is 0.932 bits per heavy atom. The number of alkyl halides is 2. The Labute approximate surface area is 350 Å². The zero-order valence-electron chi connectivity index (χ0n) is 32.8. The number of sulfonamides is 1. The average molecular weight is 885 g/mol. The number of hydrogen-bond acceptors (Lipinski definition) is 11. The van der Waals surface area contributed by atoms with E-state index in [1.165, 1.54) is 41.3 Å². The molecule has 59 heavy (non-hydrogen) atoms. The van der Waals surface area contributed by atoms with Crippen molar-refractivity contribution in [2.24, 2.45) is 11.8 Å². The largest absolute Gasteiger partial charge is 0.619 e. The third-order valence-electron chi connectivity index (χ3n) is 9.71. The summed E-state index contributed by atoms with van der Waals surface area (Å²) in [4.78, 5) is 43.1. The van der Waals surface area contributed by atoms with Gasteiger partial charge in [0.15, 0.2) is 23.9 Å². The predicted molar refractivity (Wildman–Crippen MR) is 212 cm³/mol. The lowest BCUT2D eigenvalue weighted by molar-refractivity contribution is -0.605. The van der Waals surface area contributed by atoms with Crippen LogP contribution in [0, 0.1) is 17.0 Å². The van der Waals surface area contributed by atoms with E-state index in [0.29, 0.717) is 21.0 Å². The fourth-order valence-corrected chi connectivity index (χ4v) is 7.85. The van der Waals surface area contributed by atoms with E-state index in [-0.39, 0.29) is 88.5 Å². The van der Waals surface area contributed by atoms with Gasteiger partial charge in [-0.05, 0) is 107 Å². The molecule has 3 aromatic rings. The molecule has 1 aliphatic heterocycles. The highest BCUT2D eigenvalue weighted by Gasteiger charge is 2.39. The number of rotatable bonds is 16. The summed E-state index contributed by atoms with van der Waals surface area (Å²) in [7, 11) is -4.32. The number of esters is 1. The number of amides is 2. The number of benzene rings is 2. The molecular weight excluding hydrogens is 839 g/mol. The summed E-state index contributed by atoms with van der Waals surface area (Å²) in [5.74, 6) is -1.16. The lowest BCUT2D eigenvalue weighted by atomic mass is 10.0. The highest BCUT2D eigenvalue weighted by Crippen LogP contribution is 2.40. The fraction of sp³-hybridized carbons (Fsp3) is 0.500. The second-order valence-corrected chi connectivity index (χ2v) is 18.5. The maximum Gasteiger partial charge on any atom is 0.429 e. The number of anilines is 1. The first-order chi connectivity index (χ1) is 27.8. The third kappa shape index (κ3) is 11.6. The molecule has 3 fully saturated rings. The van der Waals surface area contributed by atoms with Gasteiger partial charge < -0.3 is 33.8 Å². The molecule has 14 nitrogen and oxygen atoms in total. The SMILES string of the molecule is CC(C)(C)OC(=O)N(c1cc(C(=O)N2CCC[C@H]2C(=O)O[C@@H](Cc2c(Cl)c[n+]([O-])cc2Cl)c2ccc(OC(F)F)c(OCC3CC3)c2)ccc1OCC1CC1)S(C)(=O)=O. The molecule has 2 amide bonds. The minimum atomic E-state index is -4.32. The van der Waals surface area contributed by atoms with Gasteiger partial charge in [-0.25, -0.2) is 18.0 Å². The van der Waals surface area contributed by atoms with Gasteiger partial charge in [0.2, 0.25) is 10.0 Å². The Bertz CT molecular complexity index is 2160. The van der Waals surface area contributed by atoms with Gasteiger partial charge in [0, 0.05) is 24.1 Å². The van der Waals surface area contributed by atoms with E-state index in [2.05, 4.69) is 0 Å². The van der Waals surface area contributed by atoms with Crippen LogP contribution in [0.3, 0.4) is 0 Å². The summed E-state index contributed by atoms with van der Waals surface area (Å²) in [6.07, 6.45) is 4.73. The van der Waals surface area contributed by atoms with Crippen molar-refractivity contribution in [1.82, 2.24) is 4.90 Å². The maximum absolute atomic E-state index is 14.3. The number of aromatic nitrogens is 1. The third-order valence-corrected chi connectivity index (χ3v) is 11.4. The first kappa shape index (κ1) is 44.0. The lowest BCUT2D eigenvalue weighted by Crippen LogP contribution is -2.42. The van der Waals surface area contributed by atoms with Gasteiger partial charge in [-0.1, -0.05) is 29.3 Å². The second-order valence-electron chi connectivity index (χ2n) is 15.9. The number of likely N-dealkylation sites (tertiary alicyclic amines) is 1. The molecule has 320 valence electrons. The summed E-state index contributed by atoms with van der Waals surface area (Å²) in [5, 5.41) is 12.0. The van der Waals surface area contributed by atoms with Crippen LogP contribution in [0.15, 0.2) is 48.8 Å². The van der Waals surface area contributed by atoms with Crippen molar-refractivity contribution in [2.45, 2.75) is 90.1 Å². The van der Waals surface area contributed by atoms with Crippen LogP contribution in [0.5, 0.6) is 17.2 Å². The highest BCUT2D eigenvalue weighted by molar-refractivity contribution is 7.92. The molecule has 19 heteroatoms. The fourth-order valence-electron chi connectivity index (χ4n) is 6.44. The van der Waals surface area contributed by atoms with Crippen LogP contribution in [-0.2, 0) is 30.7 Å². The second kappa shape index (κ2) is 17.9. The monoisotopic (exact) mass is 883 g/mol. The van der Waals surface area contributed by atoms with Crippen LogP contribution in [0.25, 0.3) is 0 Å². The van der Waals surface area contributed by atoms with Crippen LogP contribution in [0.1, 0.15) is 86.9 Å². The molecular formula is C40H45Cl2F2N3O11S. The molecule has 2 atom stereocenters. The first-order valence-electron chi connectivity index (χ1n) is 19.1. The predicted octanol–water partition coefficient (Wildman–Crippen LogP) is 7.64. The average Bonchev–Trinajstić information content (AvgIpc) is 4.08. The molecule has 1 saturated heterocycles. The van der Waals surface area contributed by atoms with Crippen molar-refractivity contribution in [1.29, 1.82) is 0 Å². The number of halogens is 4. The maximum atomic E-state index is 14.3. The van der Waals surface area contributed by atoms with E-state index >= 15 is 0 Å². The summed E-state index contributed by atoms with van der Waals surface area (Å²) in [6.45, 7) is 2.24. The summed E-state index contributed by atoms with van der Waals surface area (Å²) in [5.41, 5.74) is -0.800. The normalized spacial score (nSPS) is 17.4. The van der Waals surface area contributed by atoms with Gasteiger partial charge in [0.25, 0.3) is 5.91 Å². The van der Waals surface area contributed by atoms with Crippen molar-refractivity contribution in [3.63, 3.8) is 0 Å². The topological polar surface area (TPSA) is 165 Å². The molecule has 0 N–H and O–H groups in total. The summed E-state index contributed by atoms with van der Waals surface area (Å²) >= 11 is 12.9. The van der Waals surface area contributed by atoms with Gasteiger partial charge in [0.1, 0.15) is 39.2 Å². The Morgan fingerprint density at radius 2 is 1.54 bits per heavy atom. The van der Waals surface area contributed by atoms with Crippen LogP contribution in [0.2, 0.25) is 10.0 Å². The van der Waals surface area contributed by atoms with Crippen molar-refractivity contribution >= 4 is 56.9 Å². The number of carbonyl (C=O) groups is 3. The molecule has 0 spiro atoms. The van der Waals surface area contributed by atoms with Gasteiger partial charge in [-0.3, -0.25) is 4.79 Å². The van der Waals surface area contributed by atoms with Crippen LogP contribution < -0.4 is 23.2 Å². The molecule has 3 aliphatic rings. The van der Waals surface area contributed by atoms with E-state index in [0.717, 1.165) is 44.3 Å². The van der Waals surface area contributed by atoms with Crippen molar-refractivity contribution in [3.05, 3.63) is 80.7 Å². The van der Waals surface area contributed by atoms with E-state index in [4.69, 9.17) is 46.9 Å². The summed E-state index contributed by atoms with van der Waals surface area (Å²) < 4.78 is 81.9. The highest BCUT2D eigenvalue weighted by atomic mass is 35.5. The molecule has 2 saturated carbocycles. The number of hydrogen-bond donors (Lipinski definition) is 0. The Hall–Kier alpha value is -4.61. The van der Waals surface area contributed by atoms with Crippen molar-refractivity contribution in [3.8, 4) is 17.2 Å². The van der Waals surface area contributed by atoms with Crippen molar-refractivity contribution < 1.29 is 60.0 Å². The molecule has 2 aliphatic carbocycles. The van der Waals surface area contributed by atoms with E-state index in [9.17, 15) is 36.8 Å².